The number of anilines is 1. The van der Waals surface area contributed by atoms with Crippen LogP contribution in [0.1, 0.15) is 19.4 Å². The second-order valence-electron chi connectivity index (χ2n) is 5.41. The predicted octanol–water partition coefficient (Wildman–Crippen LogP) is 1.97. The van der Waals surface area contributed by atoms with Crippen LogP contribution in [0.2, 0.25) is 0 Å². The normalized spacial score (nSPS) is 12.6. The summed E-state index contributed by atoms with van der Waals surface area (Å²) < 4.78 is 1.82. The van der Waals surface area contributed by atoms with Gasteiger partial charge in [-0.3, -0.25) is 0 Å². The van der Waals surface area contributed by atoms with E-state index >= 15 is 0 Å². The average Bonchev–Trinajstić information content (AvgIpc) is 2.92. The number of benzene rings is 1. The Morgan fingerprint density at radius 3 is 2.85 bits per heavy atom. The van der Waals surface area contributed by atoms with Crippen LogP contribution in [0, 0.1) is 11.8 Å². The fraction of sp³-hybridized carbons (Fsp3) is 0.467. The van der Waals surface area contributed by atoms with E-state index in [1.54, 1.807) is 12.7 Å². The van der Waals surface area contributed by atoms with E-state index in [9.17, 15) is 0 Å². The number of aromatic nitrogens is 3. The van der Waals surface area contributed by atoms with E-state index in [4.69, 9.17) is 5.73 Å². The van der Waals surface area contributed by atoms with Crippen LogP contribution in [0.4, 0.5) is 5.69 Å². The fourth-order valence-corrected chi connectivity index (χ4v) is 2.12. The van der Waals surface area contributed by atoms with Gasteiger partial charge in [0.25, 0.3) is 0 Å². The average molecular weight is 273 g/mol. The number of nitrogens with two attached hydrogens (primary N) is 1. The molecule has 5 heteroatoms. The maximum Gasteiger partial charge on any atom is 0.137 e. The third-order valence-corrected chi connectivity index (χ3v) is 3.55. The van der Waals surface area contributed by atoms with E-state index in [0.717, 1.165) is 18.8 Å². The molecule has 1 aromatic carbocycles. The van der Waals surface area contributed by atoms with Crippen molar-refractivity contribution in [1.29, 1.82) is 0 Å². The Morgan fingerprint density at radius 2 is 2.20 bits per heavy atom. The summed E-state index contributed by atoms with van der Waals surface area (Å²) in [5, 5.41) is 7.59. The third kappa shape index (κ3) is 4.06. The van der Waals surface area contributed by atoms with Crippen molar-refractivity contribution in [3.63, 3.8) is 0 Å². The number of nitrogens with one attached hydrogen (secondary N) is 1. The number of nitrogens with zero attached hydrogens (tertiary/aromatic N) is 3. The van der Waals surface area contributed by atoms with Crippen LogP contribution in [-0.4, -0.2) is 27.9 Å². The second-order valence-corrected chi connectivity index (χ2v) is 5.41. The Labute approximate surface area is 120 Å². The monoisotopic (exact) mass is 273 g/mol. The molecule has 0 fully saturated rings. The number of rotatable bonds is 7. The lowest BCUT2D eigenvalue weighted by molar-refractivity contribution is 0.413. The molecule has 20 heavy (non-hydrogen) atoms. The molecule has 0 saturated carbocycles. The van der Waals surface area contributed by atoms with Crippen LogP contribution in [0.3, 0.4) is 0 Å². The largest absolute Gasteiger partial charge is 0.385 e. The molecule has 0 aliphatic heterocycles. The highest BCUT2D eigenvalue weighted by Crippen LogP contribution is 2.14. The minimum Gasteiger partial charge on any atom is -0.385 e. The zero-order valence-electron chi connectivity index (χ0n) is 12.2. The summed E-state index contributed by atoms with van der Waals surface area (Å²) in [5.41, 5.74) is 8.13. The highest BCUT2D eigenvalue weighted by atomic mass is 15.3. The first-order chi connectivity index (χ1) is 9.69. The standard InChI is InChI=1S/C15H23N5/c1-12(2)14(7-16)8-18-15-5-3-4-13(6-15)9-20-11-17-10-19-20/h3-6,10-12,14,18H,7-9,16H2,1-2H3. The highest BCUT2D eigenvalue weighted by Gasteiger charge is 2.10. The molecule has 0 radical (unpaired) electrons. The van der Waals surface area contributed by atoms with Crippen molar-refractivity contribution < 1.29 is 0 Å². The van der Waals surface area contributed by atoms with Gasteiger partial charge in [-0.2, -0.15) is 5.10 Å². The van der Waals surface area contributed by atoms with Crippen LogP contribution in [0.15, 0.2) is 36.9 Å². The summed E-state index contributed by atoms with van der Waals surface area (Å²) in [5.74, 6) is 1.08. The van der Waals surface area contributed by atoms with Gasteiger partial charge in [0, 0.05) is 12.2 Å². The molecule has 0 aliphatic carbocycles. The van der Waals surface area contributed by atoms with Gasteiger partial charge in [0.1, 0.15) is 12.7 Å². The van der Waals surface area contributed by atoms with Crippen molar-refractivity contribution >= 4 is 5.69 Å². The van der Waals surface area contributed by atoms with Crippen LogP contribution in [0.5, 0.6) is 0 Å². The first-order valence-electron chi connectivity index (χ1n) is 7.04. The quantitative estimate of drug-likeness (QED) is 0.809. The summed E-state index contributed by atoms with van der Waals surface area (Å²) >= 11 is 0. The summed E-state index contributed by atoms with van der Waals surface area (Å²) in [4.78, 5) is 3.95. The van der Waals surface area contributed by atoms with Crippen molar-refractivity contribution in [3.8, 4) is 0 Å². The Hall–Kier alpha value is -1.88. The molecule has 1 unspecified atom stereocenters. The van der Waals surface area contributed by atoms with Gasteiger partial charge in [0.05, 0.1) is 6.54 Å². The smallest absolute Gasteiger partial charge is 0.137 e. The minimum atomic E-state index is 0.494. The Bertz CT molecular complexity index is 507. The van der Waals surface area contributed by atoms with Crippen molar-refractivity contribution in [3.05, 3.63) is 42.5 Å². The molecular formula is C15H23N5. The number of hydrogen-bond acceptors (Lipinski definition) is 4. The summed E-state index contributed by atoms with van der Waals surface area (Å²) in [6.45, 7) is 6.77. The van der Waals surface area contributed by atoms with Crippen molar-refractivity contribution in [2.45, 2.75) is 20.4 Å². The summed E-state index contributed by atoms with van der Waals surface area (Å²) in [6, 6.07) is 8.38. The van der Waals surface area contributed by atoms with E-state index in [1.807, 2.05) is 4.68 Å². The SMILES string of the molecule is CC(C)C(CN)CNc1cccc(Cn2cncn2)c1. The lowest BCUT2D eigenvalue weighted by Crippen LogP contribution is -2.27. The van der Waals surface area contributed by atoms with Gasteiger partial charge >= 0.3 is 0 Å². The first-order valence-corrected chi connectivity index (χ1v) is 7.04. The molecule has 1 atom stereocenters. The van der Waals surface area contributed by atoms with E-state index in [1.165, 1.54) is 5.56 Å². The van der Waals surface area contributed by atoms with E-state index in [0.29, 0.717) is 18.4 Å². The first kappa shape index (κ1) is 14.5. The third-order valence-electron chi connectivity index (χ3n) is 3.55. The van der Waals surface area contributed by atoms with Gasteiger partial charge in [0.2, 0.25) is 0 Å². The van der Waals surface area contributed by atoms with Crippen molar-refractivity contribution in [2.24, 2.45) is 17.6 Å². The van der Waals surface area contributed by atoms with E-state index in [-0.39, 0.29) is 0 Å². The molecule has 108 valence electrons. The van der Waals surface area contributed by atoms with Crippen LogP contribution in [-0.2, 0) is 6.54 Å². The molecule has 0 bridgehead atoms. The Morgan fingerprint density at radius 1 is 1.35 bits per heavy atom. The predicted molar refractivity (Wildman–Crippen MR) is 81.4 cm³/mol. The maximum absolute atomic E-state index is 5.80. The molecule has 1 heterocycles. The molecule has 1 aromatic heterocycles. The van der Waals surface area contributed by atoms with Crippen LogP contribution in [0.25, 0.3) is 0 Å². The topological polar surface area (TPSA) is 68.8 Å². The molecule has 0 spiro atoms. The Kier molecular flexibility index (Phi) is 5.12. The zero-order valence-corrected chi connectivity index (χ0v) is 12.2. The van der Waals surface area contributed by atoms with Crippen molar-refractivity contribution in [2.75, 3.05) is 18.4 Å². The van der Waals surface area contributed by atoms with Gasteiger partial charge in [-0.25, -0.2) is 9.67 Å². The van der Waals surface area contributed by atoms with Crippen molar-refractivity contribution in [1.82, 2.24) is 14.8 Å². The zero-order chi connectivity index (χ0) is 14.4. The van der Waals surface area contributed by atoms with Crippen LogP contribution < -0.4 is 11.1 Å². The number of hydrogen-bond donors (Lipinski definition) is 2. The van der Waals surface area contributed by atoms with Gasteiger partial charge in [-0.05, 0) is 36.1 Å². The lowest BCUT2D eigenvalue weighted by Gasteiger charge is -2.20. The lowest BCUT2D eigenvalue weighted by atomic mass is 9.96. The molecular weight excluding hydrogens is 250 g/mol. The molecule has 3 N–H and O–H groups in total. The molecule has 0 amide bonds. The fourth-order valence-electron chi connectivity index (χ4n) is 2.12. The van der Waals surface area contributed by atoms with E-state index < -0.39 is 0 Å². The summed E-state index contributed by atoms with van der Waals surface area (Å²) in [7, 11) is 0. The van der Waals surface area contributed by atoms with Gasteiger partial charge in [0.15, 0.2) is 0 Å². The van der Waals surface area contributed by atoms with Crippen LogP contribution >= 0.6 is 0 Å². The van der Waals surface area contributed by atoms with E-state index in [2.05, 4.69) is 53.5 Å². The summed E-state index contributed by atoms with van der Waals surface area (Å²) in [6.07, 6.45) is 3.28. The maximum atomic E-state index is 5.80. The molecule has 0 saturated heterocycles. The van der Waals surface area contributed by atoms with Gasteiger partial charge < -0.3 is 11.1 Å². The highest BCUT2D eigenvalue weighted by molar-refractivity contribution is 5.45. The molecule has 2 aromatic rings. The molecule has 2 rings (SSSR count). The Balaban J connectivity index is 1.95. The van der Waals surface area contributed by atoms with Gasteiger partial charge in [-0.1, -0.05) is 26.0 Å². The minimum absolute atomic E-state index is 0.494. The molecule has 5 nitrogen and oxygen atoms in total. The molecule has 0 aliphatic rings. The second kappa shape index (κ2) is 7.05. The van der Waals surface area contributed by atoms with Gasteiger partial charge in [-0.15, -0.1) is 0 Å².